The number of rotatable bonds is 7. The number of sulfonamides is 1. The van der Waals surface area contributed by atoms with Crippen LogP contribution < -0.4 is 9.62 Å². The van der Waals surface area contributed by atoms with Crippen molar-refractivity contribution in [3.63, 3.8) is 0 Å². The van der Waals surface area contributed by atoms with E-state index < -0.39 is 27.0 Å². The summed E-state index contributed by atoms with van der Waals surface area (Å²) in [6, 6.07) is 6.60. The van der Waals surface area contributed by atoms with E-state index in [2.05, 4.69) is 29.8 Å². The van der Waals surface area contributed by atoms with Gasteiger partial charge in [-0.25, -0.2) is 27.2 Å². The fourth-order valence-electron chi connectivity index (χ4n) is 6.15. The molecule has 1 aliphatic carbocycles. The van der Waals surface area contributed by atoms with Crippen molar-refractivity contribution in [1.29, 1.82) is 5.26 Å². The van der Waals surface area contributed by atoms with Crippen LogP contribution in [-0.2, 0) is 14.8 Å². The predicted octanol–water partition coefficient (Wildman–Crippen LogP) is 3.53. The number of hydrogen-bond donors (Lipinski definition) is 1. The van der Waals surface area contributed by atoms with E-state index in [4.69, 9.17) is 0 Å². The van der Waals surface area contributed by atoms with Gasteiger partial charge in [0.2, 0.25) is 21.1 Å². The predicted molar refractivity (Wildman–Crippen MR) is 153 cm³/mol. The maximum atomic E-state index is 13.5. The van der Waals surface area contributed by atoms with E-state index in [0.717, 1.165) is 12.8 Å². The van der Waals surface area contributed by atoms with Gasteiger partial charge in [0.15, 0.2) is 10.7 Å². The summed E-state index contributed by atoms with van der Waals surface area (Å²) < 4.78 is 57.7. The maximum Gasteiger partial charge on any atom is 0.291 e. The Bertz CT molecular complexity index is 1930. The quantitative estimate of drug-likeness (QED) is 0.325. The van der Waals surface area contributed by atoms with Gasteiger partial charge in [0.25, 0.3) is 6.43 Å². The molecule has 1 aromatic carbocycles. The third-order valence-electron chi connectivity index (χ3n) is 8.49. The van der Waals surface area contributed by atoms with Crippen molar-refractivity contribution >= 4 is 55.0 Å². The number of piperidine rings is 2. The summed E-state index contributed by atoms with van der Waals surface area (Å²) in [4.78, 5) is 26.1. The summed E-state index contributed by atoms with van der Waals surface area (Å²) in [7, 11) is -4.08. The Kier molecular flexibility index (Phi) is 6.42. The average molecular weight is 628 g/mol. The van der Waals surface area contributed by atoms with Gasteiger partial charge in [-0.1, -0.05) is 31.3 Å². The van der Waals surface area contributed by atoms with Crippen molar-refractivity contribution in [1.82, 2.24) is 34.4 Å². The molecule has 4 fully saturated rings. The van der Waals surface area contributed by atoms with Crippen molar-refractivity contribution in [3.8, 4) is 11.2 Å². The molecular formula is C27H27F2N9O3S2. The van der Waals surface area contributed by atoms with Crippen molar-refractivity contribution in [3.05, 3.63) is 29.5 Å². The number of amides is 1. The van der Waals surface area contributed by atoms with Crippen LogP contribution in [0.3, 0.4) is 0 Å². The van der Waals surface area contributed by atoms with Crippen LogP contribution in [0.15, 0.2) is 29.4 Å². The molecule has 0 spiro atoms. The van der Waals surface area contributed by atoms with Crippen LogP contribution in [0, 0.1) is 17.2 Å². The fourth-order valence-corrected chi connectivity index (χ4v) is 8.26. The van der Waals surface area contributed by atoms with Gasteiger partial charge in [0, 0.05) is 36.5 Å². The first-order chi connectivity index (χ1) is 20.5. The molecule has 12 nitrogen and oxygen atoms in total. The highest BCUT2D eigenvalue weighted by Gasteiger charge is 2.47. The number of carbonyl (C=O) groups excluding carboxylic acids is 1. The van der Waals surface area contributed by atoms with Gasteiger partial charge in [-0.15, -0.1) is 10.2 Å². The first kappa shape index (κ1) is 28.0. The molecule has 43 heavy (non-hydrogen) atoms. The minimum atomic E-state index is -4.08. The summed E-state index contributed by atoms with van der Waals surface area (Å²) in [5.41, 5.74) is -0.382. The Morgan fingerprint density at radius 3 is 2.56 bits per heavy atom. The normalized spacial score (nSPS) is 21.3. The number of fused-ring (bicyclic) bond motifs is 6. The molecule has 0 radical (unpaired) electrons. The summed E-state index contributed by atoms with van der Waals surface area (Å²) in [5.74, 6) is 0.634. The highest BCUT2D eigenvalue weighted by Crippen LogP contribution is 2.42. The molecule has 1 N–H and O–H groups in total. The van der Waals surface area contributed by atoms with E-state index >= 15 is 0 Å². The third kappa shape index (κ3) is 4.52. The number of nitrogens with one attached hydrogen (secondary N) is 1. The second-order valence-corrected chi connectivity index (χ2v) is 14.3. The second kappa shape index (κ2) is 9.86. The molecule has 3 saturated heterocycles. The van der Waals surface area contributed by atoms with E-state index in [1.165, 1.54) is 23.0 Å². The van der Waals surface area contributed by atoms with Crippen molar-refractivity contribution in [2.45, 2.75) is 68.5 Å². The van der Waals surface area contributed by atoms with Crippen molar-refractivity contribution in [2.24, 2.45) is 5.92 Å². The summed E-state index contributed by atoms with van der Waals surface area (Å²) >= 11 is 0.690. The first-order valence-corrected chi connectivity index (χ1v) is 16.3. The number of aromatic nitrogens is 5. The molecule has 6 heterocycles. The van der Waals surface area contributed by atoms with E-state index in [9.17, 15) is 27.3 Å². The Morgan fingerprint density at radius 1 is 1.16 bits per heavy atom. The largest absolute Gasteiger partial charge is 0.349 e. The van der Waals surface area contributed by atoms with Gasteiger partial charge in [-0.2, -0.15) is 9.98 Å². The molecule has 2 atom stereocenters. The van der Waals surface area contributed by atoms with Gasteiger partial charge in [-0.05, 0) is 37.8 Å². The van der Waals surface area contributed by atoms with Crippen molar-refractivity contribution in [2.75, 3.05) is 18.0 Å². The topological polar surface area (TPSA) is 150 Å². The SMILES string of the molecule is CC(C)C(=O)N1C[C@H]2CC[C@@H]1CN2c1ncnc2c1c1ccc(S(=O)(=O)NC3(C#N)CC3)cc1n2-c1nnc(C(F)F)s1. The Labute approximate surface area is 249 Å². The number of carbonyl (C=O) groups is 1. The lowest BCUT2D eigenvalue weighted by atomic mass is 9.89. The molecule has 224 valence electrons. The lowest BCUT2D eigenvalue weighted by molar-refractivity contribution is -0.139. The molecule has 3 aliphatic heterocycles. The lowest BCUT2D eigenvalue weighted by Gasteiger charge is -2.52. The van der Waals surface area contributed by atoms with E-state index in [0.29, 0.717) is 65.0 Å². The number of nitriles is 1. The zero-order valence-corrected chi connectivity index (χ0v) is 24.9. The van der Waals surface area contributed by atoms with Crippen LogP contribution in [0.2, 0.25) is 0 Å². The van der Waals surface area contributed by atoms with Crippen LogP contribution in [-0.4, -0.2) is 74.7 Å². The Balaban J connectivity index is 1.39. The van der Waals surface area contributed by atoms with Crippen LogP contribution >= 0.6 is 11.3 Å². The number of piperazine rings is 1. The van der Waals surface area contributed by atoms with Gasteiger partial charge in [0.1, 0.15) is 17.7 Å². The Morgan fingerprint density at radius 2 is 1.93 bits per heavy atom. The van der Waals surface area contributed by atoms with Gasteiger partial charge < -0.3 is 9.80 Å². The number of benzene rings is 1. The van der Waals surface area contributed by atoms with E-state index in [1.54, 1.807) is 6.07 Å². The number of alkyl halides is 2. The highest BCUT2D eigenvalue weighted by atomic mass is 32.2. The Hall–Kier alpha value is -3.81. The first-order valence-electron chi connectivity index (χ1n) is 14.0. The highest BCUT2D eigenvalue weighted by molar-refractivity contribution is 7.89. The summed E-state index contributed by atoms with van der Waals surface area (Å²) in [6.07, 6.45) is 1.16. The van der Waals surface area contributed by atoms with Crippen LogP contribution in [0.1, 0.15) is 51.0 Å². The van der Waals surface area contributed by atoms with Crippen molar-refractivity contribution < 1.29 is 22.0 Å². The zero-order chi connectivity index (χ0) is 30.3. The van der Waals surface area contributed by atoms with Crippen LogP contribution in [0.5, 0.6) is 0 Å². The van der Waals surface area contributed by atoms with Gasteiger partial charge in [-0.3, -0.25) is 9.36 Å². The van der Waals surface area contributed by atoms with E-state index in [-0.39, 0.29) is 33.9 Å². The average Bonchev–Trinajstić information content (AvgIpc) is 3.43. The molecule has 4 aliphatic rings. The van der Waals surface area contributed by atoms with E-state index in [1.807, 2.05) is 24.8 Å². The fraction of sp³-hybridized carbons (Fsp3) is 0.481. The number of anilines is 1. The summed E-state index contributed by atoms with van der Waals surface area (Å²) in [6.45, 7) is 4.93. The molecule has 1 saturated carbocycles. The molecule has 3 aromatic heterocycles. The van der Waals surface area contributed by atoms with Crippen LogP contribution in [0.25, 0.3) is 27.1 Å². The third-order valence-corrected chi connectivity index (χ3v) is 10.9. The van der Waals surface area contributed by atoms with Crippen LogP contribution in [0.4, 0.5) is 14.6 Å². The molecule has 1 amide bonds. The minimum Gasteiger partial charge on any atom is -0.349 e. The molecular weight excluding hydrogens is 600 g/mol. The smallest absolute Gasteiger partial charge is 0.291 e. The number of hydrogen-bond acceptors (Lipinski definition) is 10. The molecule has 2 bridgehead atoms. The van der Waals surface area contributed by atoms with Gasteiger partial charge >= 0.3 is 0 Å². The number of nitrogens with zero attached hydrogens (tertiary/aromatic N) is 8. The number of halogens is 2. The maximum absolute atomic E-state index is 13.5. The standard InChI is InChI=1S/C27H27F2N9O3S2/c1-14(2)25(39)37-11-15-3-4-16(37)10-36(15)22-20-18-6-5-17(43(40,41)35-27(12-30)7-8-27)9-19(18)38(23(20)32-13-31-22)26-34-33-24(42-26)21(28)29/h5-6,9,13-16,21,35H,3-4,7-8,10-11H2,1-2H3/t15-,16-/m1/s1. The molecule has 16 heteroatoms. The minimum absolute atomic E-state index is 0.0146. The second-order valence-electron chi connectivity index (χ2n) is 11.6. The lowest BCUT2D eigenvalue weighted by Crippen LogP contribution is -2.64. The molecule has 0 unspecified atom stereocenters. The monoisotopic (exact) mass is 627 g/mol. The zero-order valence-electron chi connectivity index (χ0n) is 23.2. The molecule has 4 aromatic rings. The van der Waals surface area contributed by atoms with Gasteiger partial charge in [0.05, 0.1) is 21.9 Å². The molecule has 8 rings (SSSR count). The summed E-state index contributed by atoms with van der Waals surface area (Å²) in [5, 5.41) is 18.0.